The summed E-state index contributed by atoms with van der Waals surface area (Å²) < 4.78 is 38.1. The van der Waals surface area contributed by atoms with E-state index in [1.807, 2.05) is 0 Å². The Labute approximate surface area is 104 Å². The number of halogens is 3. The summed E-state index contributed by atoms with van der Waals surface area (Å²) in [7, 11) is 0. The Morgan fingerprint density at radius 3 is 2.56 bits per heavy atom. The van der Waals surface area contributed by atoms with Crippen molar-refractivity contribution in [2.24, 2.45) is 5.73 Å². The Morgan fingerprint density at radius 1 is 1.39 bits per heavy atom. The quantitative estimate of drug-likeness (QED) is 0.771. The monoisotopic (exact) mass is 265 g/mol. The van der Waals surface area contributed by atoms with Crippen molar-refractivity contribution in [1.82, 2.24) is 9.78 Å². The van der Waals surface area contributed by atoms with E-state index in [4.69, 9.17) is 5.73 Å². The predicted octanol–water partition coefficient (Wildman–Crippen LogP) is 1.78. The second kappa shape index (κ2) is 5.71. The van der Waals surface area contributed by atoms with Crippen LogP contribution in [0.4, 0.5) is 13.2 Å². The topological polar surface area (TPSA) is 64.1 Å². The Balaban J connectivity index is 2.35. The van der Waals surface area contributed by atoms with E-state index in [1.165, 1.54) is 10.9 Å². The van der Waals surface area contributed by atoms with Crippen molar-refractivity contribution < 1.29 is 18.3 Å². The third-order valence-corrected chi connectivity index (χ3v) is 2.72. The van der Waals surface area contributed by atoms with Crippen LogP contribution in [0, 0.1) is 0 Å². The molecule has 0 radical (unpaired) electrons. The summed E-state index contributed by atoms with van der Waals surface area (Å²) in [5, 5.41) is 13.1. The molecule has 0 saturated heterocycles. The van der Waals surface area contributed by atoms with E-state index in [0.29, 0.717) is 25.8 Å². The molecule has 1 aromatic rings. The first-order valence-electron chi connectivity index (χ1n) is 5.78. The number of aromatic nitrogens is 2. The van der Waals surface area contributed by atoms with E-state index in [9.17, 15) is 18.3 Å². The summed E-state index contributed by atoms with van der Waals surface area (Å²) in [6.45, 7) is 2.21. The summed E-state index contributed by atoms with van der Waals surface area (Å²) >= 11 is 0. The molecule has 3 N–H and O–H groups in total. The minimum atomic E-state index is -4.39. The van der Waals surface area contributed by atoms with Crippen molar-refractivity contribution in [2.75, 3.05) is 6.54 Å². The van der Waals surface area contributed by atoms with Gasteiger partial charge >= 0.3 is 6.18 Å². The zero-order valence-electron chi connectivity index (χ0n) is 10.2. The molecule has 0 aliphatic rings. The highest BCUT2D eigenvalue weighted by Gasteiger charge is 2.33. The van der Waals surface area contributed by atoms with Gasteiger partial charge in [-0.15, -0.1) is 0 Å². The van der Waals surface area contributed by atoms with Crippen molar-refractivity contribution in [1.29, 1.82) is 0 Å². The lowest BCUT2D eigenvalue weighted by atomic mass is 9.99. The number of rotatable bonds is 6. The van der Waals surface area contributed by atoms with E-state index >= 15 is 0 Å². The molecule has 1 rings (SSSR count). The van der Waals surface area contributed by atoms with Crippen LogP contribution in [-0.4, -0.2) is 27.0 Å². The van der Waals surface area contributed by atoms with Crippen LogP contribution in [0.15, 0.2) is 12.3 Å². The zero-order chi connectivity index (χ0) is 13.8. The van der Waals surface area contributed by atoms with Gasteiger partial charge in [0, 0.05) is 19.3 Å². The second-order valence-electron chi connectivity index (χ2n) is 4.62. The molecule has 4 nitrogen and oxygen atoms in total. The Morgan fingerprint density at radius 2 is 2.06 bits per heavy atom. The molecule has 18 heavy (non-hydrogen) atoms. The van der Waals surface area contributed by atoms with Crippen LogP contribution in [0.25, 0.3) is 0 Å². The third kappa shape index (κ3) is 4.66. The molecular weight excluding hydrogens is 247 g/mol. The fourth-order valence-corrected chi connectivity index (χ4v) is 1.52. The number of hydrogen-bond donors (Lipinski definition) is 2. The maximum absolute atomic E-state index is 12.3. The van der Waals surface area contributed by atoms with Gasteiger partial charge in [-0.3, -0.25) is 4.68 Å². The highest BCUT2D eigenvalue weighted by Crippen LogP contribution is 2.27. The smallest absolute Gasteiger partial charge is 0.389 e. The maximum atomic E-state index is 12.3. The van der Waals surface area contributed by atoms with Crippen molar-refractivity contribution in [3.05, 3.63) is 18.0 Å². The third-order valence-electron chi connectivity index (χ3n) is 2.72. The molecule has 0 amide bonds. The minimum Gasteiger partial charge on any atom is -0.389 e. The molecule has 0 fully saturated rings. The van der Waals surface area contributed by atoms with E-state index in [2.05, 4.69) is 5.10 Å². The van der Waals surface area contributed by atoms with Crippen molar-refractivity contribution in [3.63, 3.8) is 0 Å². The first kappa shape index (κ1) is 15.0. The van der Waals surface area contributed by atoms with Crippen LogP contribution in [0.3, 0.4) is 0 Å². The molecule has 0 saturated carbocycles. The fraction of sp³-hybridized carbons (Fsp3) is 0.727. The fourth-order valence-electron chi connectivity index (χ4n) is 1.52. The van der Waals surface area contributed by atoms with Crippen LogP contribution in [0.1, 0.15) is 31.9 Å². The number of alkyl halides is 3. The average Bonchev–Trinajstić information content (AvgIpc) is 2.73. The van der Waals surface area contributed by atoms with Gasteiger partial charge in [-0.25, -0.2) is 0 Å². The highest BCUT2D eigenvalue weighted by molar-refractivity contribution is 5.03. The molecule has 0 aliphatic carbocycles. The van der Waals surface area contributed by atoms with Gasteiger partial charge in [0.25, 0.3) is 0 Å². The molecule has 1 atom stereocenters. The minimum absolute atomic E-state index is 0.174. The molecule has 104 valence electrons. The molecule has 0 spiro atoms. The lowest BCUT2D eigenvalue weighted by molar-refractivity contribution is -0.141. The van der Waals surface area contributed by atoms with Gasteiger partial charge in [0.2, 0.25) is 0 Å². The zero-order valence-corrected chi connectivity index (χ0v) is 10.2. The van der Waals surface area contributed by atoms with Crippen molar-refractivity contribution in [2.45, 2.75) is 44.5 Å². The molecule has 0 aromatic carbocycles. The van der Waals surface area contributed by atoms with Crippen molar-refractivity contribution >= 4 is 0 Å². The summed E-state index contributed by atoms with van der Waals surface area (Å²) in [4.78, 5) is 0. The predicted molar refractivity (Wildman–Crippen MR) is 60.8 cm³/mol. The highest BCUT2D eigenvalue weighted by atomic mass is 19.4. The molecule has 1 heterocycles. The van der Waals surface area contributed by atoms with E-state index < -0.39 is 17.5 Å². The molecule has 1 aromatic heterocycles. The van der Waals surface area contributed by atoms with Gasteiger partial charge in [-0.2, -0.15) is 18.3 Å². The summed E-state index contributed by atoms with van der Waals surface area (Å²) in [5.74, 6) is 0. The van der Waals surface area contributed by atoms with Gasteiger partial charge in [0.15, 0.2) is 5.69 Å². The molecule has 7 heteroatoms. The summed E-state index contributed by atoms with van der Waals surface area (Å²) in [6, 6.07) is 0.954. The van der Waals surface area contributed by atoms with Crippen LogP contribution in [0.2, 0.25) is 0 Å². The summed E-state index contributed by atoms with van der Waals surface area (Å²) in [6.07, 6.45) is -1.23. The number of unbranched alkanes of at least 4 members (excludes halogenated alkanes) is 1. The van der Waals surface area contributed by atoms with E-state index in [-0.39, 0.29) is 6.54 Å². The number of aryl methyl sites for hydroxylation is 1. The SMILES string of the molecule is CC(O)(CN)CCCCn1ccc(C(F)(F)F)n1. The molecule has 0 aliphatic heterocycles. The van der Waals surface area contributed by atoms with Gasteiger partial charge in [0.05, 0.1) is 5.60 Å². The number of hydrogen-bond acceptors (Lipinski definition) is 3. The van der Waals surface area contributed by atoms with Gasteiger partial charge in [0.1, 0.15) is 0 Å². The molecular formula is C11H18F3N3O. The Bertz CT molecular complexity index is 374. The van der Waals surface area contributed by atoms with Gasteiger partial charge in [-0.1, -0.05) is 0 Å². The molecule has 1 unspecified atom stereocenters. The Kier molecular flexibility index (Phi) is 4.75. The van der Waals surface area contributed by atoms with E-state index in [1.54, 1.807) is 6.92 Å². The largest absolute Gasteiger partial charge is 0.435 e. The summed E-state index contributed by atoms with van der Waals surface area (Å²) in [5.41, 5.74) is 3.58. The standard InChI is InChI=1S/C11H18F3N3O/c1-10(18,8-15)5-2-3-6-17-7-4-9(16-17)11(12,13)14/h4,7,18H,2-3,5-6,8,15H2,1H3. The van der Waals surface area contributed by atoms with Crippen LogP contribution in [-0.2, 0) is 12.7 Å². The average molecular weight is 265 g/mol. The van der Waals surface area contributed by atoms with Gasteiger partial charge < -0.3 is 10.8 Å². The number of nitrogens with zero attached hydrogens (tertiary/aromatic N) is 2. The first-order chi connectivity index (χ1) is 8.24. The number of aliphatic hydroxyl groups is 1. The van der Waals surface area contributed by atoms with E-state index in [0.717, 1.165) is 6.07 Å². The molecule has 0 bridgehead atoms. The second-order valence-corrected chi connectivity index (χ2v) is 4.62. The van der Waals surface area contributed by atoms with Crippen LogP contribution >= 0.6 is 0 Å². The van der Waals surface area contributed by atoms with Crippen LogP contribution < -0.4 is 5.73 Å². The number of nitrogens with two attached hydrogens (primary N) is 1. The normalized spacial score (nSPS) is 15.7. The van der Waals surface area contributed by atoms with Gasteiger partial charge in [-0.05, 0) is 32.3 Å². The lowest BCUT2D eigenvalue weighted by Crippen LogP contribution is -2.33. The Hall–Kier alpha value is -1.08. The lowest BCUT2D eigenvalue weighted by Gasteiger charge is -2.20. The van der Waals surface area contributed by atoms with Crippen molar-refractivity contribution in [3.8, 4) is 0 Å². The first-order valence-corrected chi connectivity index (χ1v) is 5.78. The maximum Gasteiger partial charge on any atom is 0.435 e. The van der Waals surface area contributed by atoms with Crippen LogP contribution in [0.5, 0.6) is 0 Å².